The maximum absolute atomic E-state index is 12.5. The minimum absolute atomic E-state index is 0.144. The number of nitrogens with zero attached hydrogens (tertiary/aromatic N) is 1. The molecule has 4 nitrogen and oxygen atoms in total. The van der Waals surface area contributed by atoms with E-state index in [1.165, 1.54) is 28.8 Å². The predicted octanol–water partition coefficient (Wildman–Crippen LogP) is 3.70. The van der Waals surface area contributed by atoms with Crippen molar-refractivity contribution >= 4 is 46.0 Å². The van der Waals surface area contributed by atoms with E-state index in [0.29, 0.717) is 20.7 Å². The molecule has 3 rings (SSSR count). The Kier molecular flexibility index (Phi) is 3.57. The third-order valence-corrected chi connectivity index (χ3v) is 4.24. The van der Waals surface area contributed by atoms with E-state index in [9.17, 15) is 9.90 Å². The molecule has 1 aliphatic rings. The van der Waals surface area contributed by atoms with Crippen molar-refractivity contribution in [2.24, 2.45) is 0 Å². The summed E-state index contributed by atoms with van der Waals surface area (Å²) in [4.78, 5) is 14.4. The van der Waals surface area contributed by atoms with Crippen molar-refractivity contribution in [1.82, 2.24) is 0 Å². The number of anilines is 1. The van der Waals surface area contributed by atoms with E-state index in [4.69, 9.17) is 16.6 Å². The molecule has 1 saturated heterocycles. The predicted molar refractivity (Wildman–Crippen MR) is 87.2 cm³/mol. The van der Waals surface area contributed by atoms with E-state index in [2.05, 4.69) is 0 Å². The minimum atomic E-state index is -0.190. The summed E-state index contributed by atoms with van der Waals surface area (Å²) in [5.41, 5.74) is 0.634. The number of hydrogen-bond acceptors (Lipinski definition) is 5. The maximum atomic E-state index is 12.5. The van der Waals surface area contributed by atoms with Crippen LogP contribution < -0.4 is 4.90 Å². The lowest BCUT2D eigenvalue weighted by molar-refractivity contribution is -0.113. The molecule has 1 fully saturated rings. The van der Waals surface area contributed by atoms with Crippen LogP contribution in [0.2, 0.25) is 0 Å². The van der Waals surface area contributed by atoms with Gasteiger partial charge in [0.1, 0.15) is 17.3 Å². The molecule has 6 heteroatoms. The van der Waals surface area contributed by atoms with Gasteiger partial charge in [-0.25, -0.2) is 0 Å². The van der Waals surface area contributed by atoms with Gasteiger partial charge in [-0.2, -0.15) is 0 Å². The van der Waals surface area contributed by atoms with Crippen LogP contribution in [0, 0.1) is 6.92 Å². The number of aromatic hydroxyl groups is 1. The number of amides is 1. The number of phenolic OH excluding ortho intramolecular Hbond substituents is 1. The summed E-state index contributed by atoms with van der Waals surface area (Å²) >= 11 is 6.50. The molecular weight excluding hydrogens is 306 g/mol. The van der Waals surface area contributed by atoms with Gasteiger partial charge in [0.15, 0.2) is 4.32 Å². The number of phenols is 1. The first-order valence-corrected chi connectivity index (χ1v) is 7.40. The lowest BCUT2D eigenvalue weighted by Crippen LogP contribution is -2.27. The molecule has 1 aromatic carbocycles. The van der Waals surface area contributed by atoms with Gasteiger partial charge in [-0.05, 0) is 43.3 Å². The van der Waals surface area contributed by atoms with Crippen LogP contribution in [0.4, 0.5) is 5.69 Å². The molecule has 1 aliphatic heterocycles. The second-order valence-electron chi connectivity index (χ2n) is 4.48. The first kappa shape index (κ1) is 13.9. The first-order chi connectivity index (χ1) is 10.0. The number of thiocarbonyl (C=S) groups is 1. The fraction of sp³-hybridized carbons (Fsp3) is 0.0667. The van der Waals surface area contributed by atoms with Gasteiger partial charge >= 0.3 is 0 Å². The Morgan fingerprint density at radius 3 is 2.57 bits per heavy atom. The number of rotatable bonds is 2. The average Bonchev–Trinajstić information content (AvgIpc) is 2.96. The van der Waals surface area contributed by atoms with E-state index in [1.807, 2.05) is 19.1 Å². The molecule has 1 N–H and O–H groups in total. The molecule has 2 heterocycles. The van der Waals surface area contributed by atoms with Gasteiger partial charge in [-0.1, -0.05) is 24.0 Å². The highest BCUT2D eigenvalue weighted by molar-refractivity contribution is 8.27. The van der Waals surface area contributed by atoms with Gasteiger partial charge in [0.05, 0.1) is 10.6 Å². The van der Waals surface area contributed by atoms with Crippen molar-refractivity contribution in [3.63, 3.8) is 0 Å². The molecule has 1 amide bonds. The van der Waals surface area contributed by atoms with Crippen LogP contribution in [0.25, 0.3) is 6.08 Å². The molecule has 0 unspecified atom stereocenters. The van der Waals surface area contributed by atoms with E-state index in [0.717, 1.165) is 5.76 Å². The summed E-state index contributed by atoms with van der Waals surface area (Å²) in [6.07, 6.45) is 1.69. The van der Waals surface area contributed by atoms with Crippen LogP contribution in [0.3, 0.4) is 0 Å². The van der Waals surface area contributed by atoms with Gasteiger partial charge in [0, 0.05) is 6.08 Å². The van der Waals surface area contributed by atoms with E-state index >= 15 is 0 Å². The SMILES string of the molecule is Cc1ccc(/C=C2\SC(=S)N(c3ccc(O)cc3)C2=O)o1. The smallest absolute Gasteiger partial charge is 0.270 e. The molecular formula is C15H11NO3S2. The summed E-state index contributed by atoms with van der Waals surface area (Å²) in [6.45, 7) is 1.85. The molecule has 1 aromatic heterocycles. The summed E-state index contributed by atoms with van der Waals surface area (Å²) in [5.74, 6) is 1.37. The third-order valence-electron chi connectivity index (χ3n) is 2.94. The fourth-order valence-electron chi connectivity index (χ4n) is 1.95. The molecule has 106 valence electrons. The second kappa shape index (κ2) is 5.38. The van der Waals surface area contributed by atoms with Gasteiger partial charge in [0.2, 0.25) is 0 Å². The Morgan fingerprint density at radius 1 is 1.24 bits per heavy atom. The lowest BCUT2D eigenvalue weighted by atomic mass is 10.2. The van der Waals surface area contributed by atoms with Crippen molar-refractivity contribution in [3.8, 4) is 5.75 Å². The molecule has 2 aromatic rings. The fourth-order valence-corrected chi connectivity index (χ4v) is 3.23. The van der Waals surface area contributed by atoms with E-state index in [-0.39, 0.29) is 11.7 Å². The number of furan rings is 1. The van der Waals surface area contributed by atoms with Crippen LogP contribution in [0.15, 0.2) is 45.7 Å². The van der Waals surface area contributed by atoms with E-state index in [1.54, 1.807) is 18.2 Å². The third kappa shape index (κ3) is 2.72. The Morgan fingerprint density at radius 2 is 1.95 bits per heavy atom. The zero-order chi connectivity index (χ0) is 15.0. The largest absolute Gasteiger partial charge is 0.508 e. The number of thioether (sulfide) groups is 1. The Hall–Kier alpha value is -2.05. The number of carbonyl (C=O) groups is 1. The molecule has 0 bridgehead atoms. The summed E-state index contributed by atoms with van der Waals surface area (Å²) in [5, 5.41) is 9.32. The summed E-state index contributed by atoms with van der Waals surface area (Å²) in [7, 11) is 0. The molecule has 0 spiro atoms. The van der Waals surface area contributed by atoms with Crippen LogP contribution in [0.5, 0.6) is 5.75 Å². The Balaban J connectivity index is 1.92. The van der Waals surface area contributed by atoms with Crippen molar-refractivity contribution < 1.29 is 14.3 Å². The summed E-state index contributed by atoms with van der Waals surface area (Å²) < 4.78 is 5.91. The van der Waals surface area contributed by atoms with Crippen molar-refractivity contribution in [2.75, 3.05) is 4.90 Å². The van der Waals surface area contributed by atoms with Crippen molar-refractivity contribution in [2.45, 2.75) is 6.92 Å². The molecule has 0 saturated carbocycles. The highest BCUT2D eigenvalue weighted by Gasteiger charge is 2.33. The number of hydrogen-bond donors (Lipinski definition) is 1. The van der Waals surface area contributed by atoms with Crippen molar-refractivity contribution in [3.05, 3.63) is 52.8 Å². The maximum Gasteiger partial charge on any atom is 0.270 e. The Labute approximate surface area is 131 Å². The molecule has 0 radical (unpaired) electrons. The topological polar surface area (TPSA) is 53.7 Å². The number of aryl methyl sites for hydroxylation is 1. The normalized spacial score (nSPS) is 17.0. The van der Waals surface area contributed by atoms with E-state index < -0.39 is 0 Å². The quantitative estimate of drug-likeness (QED) is 0.676. The zero-order valence-corrected chi connectivity index (χ0v) is 12.7. The van der Waals surface area contributed by atoms with Crippen LogP contribution in [-0.2, 0) is 4.79 Å². The number of carbonyl (C=O) groups excluding carboxylic acids is 1. The highest BCUT2D eigenvalue weighted by atomic mass is 32.2. The molecule has 0 atom stereocenters. The van der Waals surface area contributed by atoms with Crippen molar-refractivity contribution in [1.29, 1.82) is 0 Å². The standard InChI is InChI=1S/C15H11NO3S2/c1-9-2-7-12(19-9)8-13-14(18)16(15(20)21-13)10-3-5-11(17)6-4-10/h2-8,17H,1H3/b13-8-. The first-order valence-electron chi connectivity index (χ1n) is 6.18. The van der Waals surface area contributed by atoms with Gasteiger partial charge in [-0.15, -0.1) is 0 Å². The zero-order valence-electron chi connectivity index (χ0n) is 11.1. The lowest BCUT2D eigenvalue weighted by Gasteiger charge is -2.14. The van der Waals surface area contributed by atoms with Gasteiger partial charge in [0.25, 0.3) is 5.91 Å². The molecule has 0 aliphatic carbocycles. The second-order valence-corrected chi connectivity index (χ2v) is 6.16. The summed E-state index contributed by atoms with van der Waals surface area (Å²) in [6, 6.07) is 10.00. The van der Waals surface area contributed by atoms with Crippen LogP contribution in [0.1, 0.15) is 11.5 Å². The van der Waals surface area contributed by atoms with Gasteiger partial charge in [-0.3, -0.25) is 9.69 Å². The molecule has 21 heavy (non-hydrogen) atoms. The Bertz CT molecular complexity index is 747. The van der Waals surface area contributed by atoms with Gasteiger partial charge < -0.3 is 9.52 Å². The highest BCUT2D eigenvalue weighted by Crippen LogP contribution is 2.36. The average molecular weight is 317 g/mol. The van der Waals surface area contributed by atoms with Crippen LogP contribution in [-0.4, -0.2) is 15.3 Å². The minimum Gasteiger partial charge on any atom is -0.508 e. The van der Waals surface area contributed by atoms with Crippen LogP contribution >= 0.6 is 24.0 Å². The monoisotopic (exact) mass is 317 g/mol. The number of benzene rings is 1.